The summed E-state index contributed by atoms with van der Waals surface area (Å²) in [7, 11) is 1.58. The van der Waals surface area contributed by atoms with Crippen LogP contribution < -0.4 is 25.8 Å². The van der Waals surface area contributed by atoms with Gasteiger partial charge in [-0.25, -0.2) is 0 Å². The van der Waals surface area contributed by atoms with E-state index in [1.807, 2.05) is 46.3 Å². The van der Waals surface area contributed by atoms with Crippen molar-refractivity contribution >= 4 is 34.5 Å². The molecule has 2 bridgehead atoms. The summed E-state index contributed by atoms with van der Waals surface area (Å²) < 4.78 is 7.13. The highest BCUT2D eigenvalue weighted by atomic mass is 32.1. The number of rotatable bonds is 7. The van der Waals surface area contributed by atoms with Crippen LogP contribution in [0.15, 0.2) is 83.0 Å². The lowest BCUT2D eigenvalue weighted by Crippen LogP contribution is -2.47. The van der Waals surface area contributed by atoms with Gasteiger partial charge in [0.25, 0.3) is 17.4 Å². The van der Waals surface area contributed by atoms with E-state index in [1.165, 1.54) is 0 Å². The van der Waals surface area contributed by atoms with Gasteiger partial charge in [-0.15, -0.1) is 11.3 Å². The summed E-state index contributed by atoms with van der Waals surface area (Å²) in [6.45, 7) is 2.60. The average molecular weight is 555 g/mol. The van der Waals surface area contributed by atoms with Gasteiger partial charge >= 0.3 is 0 Å². The Morgan fingerprint density at radius 2 is 1.77 bits per heavy atom. The number of carbonyl (C=O) groups excluding carboxylic acids is 2. The molecule has 1 saturated heterocycles. The summed E-state index contributed by atoms with van der Waals surface area (Å²) in [6, 6.07) is 21.8. The number of fused-ring (bicyclic) bond motifs is 4. The van der Waals surface area contributed by atoms with Crippen LogP contribution in [0.1, 0.15) is 43.6 Å². The lowest BCUT2D eigenvalue weighted by molar-refractivity contribution is 0.0950. The van der Waals surface area contributed by atoms with E-state index in [-0.39, 0.29) is 23.3 Å². The highest BCUT2D eigenvalue weighted by Gasteiger charge is 2.35. The van der Waals surface area contributed by atoms with Crippen LogP contribution in [0.25, 0.3) is 0 Å². The Bertz CT molecular complexity index is 1600. The molecule has 2 aliphatic heterocycles. The van der Waals surface area contributed by atoms with Crippen LogP contribution in [0.4, 0.5) is 11.4 Å². The van der Waals surface area contributed by atoms with E-state index in [2.05, 4.69) is 15.5 Å². The SMILES string of the molecule is COc1ccc(C(=O)Nc2cc(C(=O)NCc3cccs3)ccc2N2C[C@H]3C[C@@H](C2)c2cccc(=O)n2C3)cc1. The number of amides is 2. The highest BCUT2D eigenvalue weighted by Crippen LogP contribution is 2.39. The number of thiophene rings is 1. The summed E-state index contributed by atoms with van der Waals surface area (Å²) in [4.78, 5) is 42.2. The first-order valence-corrected chi connectivity index (χ1v) is 14.2. The number of anilines is 2. The van der Waals surface area contributed by atoms with Gasteiger partial charge in [0.05, 0.1) is 25.0 Å². The molecule has 2 amide bonds. The first kappa shape index (κ1) is 25.9. The maximum atomic E-state index is 13.3. The van der Waals surface area contributed by atoms with E-state index in [1.54, 1.807) is 54.8 Å². The van der Waals surface area contributed by atoms with Crippen LogP contribution in [-0.4, -0.2) is 36.6 Å². The molecule has 4 heterocycles. The molecule has 9 heteroatoms. The smallest absolute Gasteiger partial charge is 0.255 e. The van der Waals surface area contributed by atoms with E-state index < -0.39 is 0 Å². The van der Waals surface area contributed by atoms with E-state index in [9.17, 15) is 14.4 Å². The minimum Gasteiger partial charge on any atom is -0.497 e. The molecule has 2 aromatic carbocycles. The van der Waals surface area contributed by atoms with Crippen molar-refractivity contribution in [1.82, 2.24) is 9.88 Å². The van der Waals surface area contributed by atoms with E-state index in [0.29, 0.717) is 41.6 Å². The van der Waals surface area contributed by atoms with Gasteiger partial charge in [0.15, 0.2) is 0 Å². The number of ether oxygens (including phenoxy) is 1. The lowest BCUT2D eigenvalue weighted by Gasteiger charge is -2.44. The third-order valence-corrected chi connectivity index (χ3v) is 8.56. The number of piperidine rings is 1. The number of hydrogen-bond donors (Lipinski definition) is 2. The van der Waals surface area contributed by atoms with Crippen LogP contribution in [0.3, 0.4) is 0 Å². The van der Waals surface area contributed by atoms with Gasteiger partial charge in [0.2, 0.25) is 0 Å². The molecule has 4 aromatic rings. The molecule has 204 valence electrons. The summed E-state index contributed by atoms with van der Waals surface area (Å²) >= 11 is 1.59. The van der Waals surface area contributed by atoms with Crippen LogP contribution in [-0.2, 0) is 13.1 Å². The zero-order valence-electron chi connectivity index (χ0n) is 22.1. The van der Waals surface area contributed by atoms with Gasteiger partial charge in [0.1, 0.15) is 5.75 Å². The maximum absolute atomic E-state index is 13.3. The second kappa shape index (κ2) is 11.0. The standard InChI is InChI=1S/C31H30N4O4S/c1-39-24-10-7-21(8-11-24)31(38)33-26-15-22(30(37)32-16-25-4-3-13-40-25)9-12-28(26)34-17-20-14-23(19-34)27-5-2-6-29(36)35(27)18-20/h2-13,15,20,23H,14,16-19H2,1H3,(H,32,37)(H,33,38)/t20-,23+/m1/s1. The van der Waals surface area contributed by atoms with Gasteiger partial charge in [-0.1, -0.05) is 12.1 Å². The van der Waals surface area contributed by atoms with Crippen molar-refractivity contribution in [2.45, 2.75) is 25.4 Å². The number of aromatic nitrogens is 1. The van der Waals surface area contributed by atoms with E-state index >= 15 is 0 Å². The Balaban J connectivity index is 1.30. The molecule has 0 spiro atoms. The lowest BCUT2D eigenvalue weighted by atomic mass is 9.83. The average Bonchev–Trinajstić information content (AvgIpc) is 3.50. The zero-order chi connectivity index (χ0) is 27.6. The molecule has 6 rings (SSSR count). The zero-order valence-corrected chi connectivity index (χ0v) is 22.9. The van der Waals surface area contributed by atoms with Crippen molar-refractivity contribution in [3.8, 4) is 5.75 Å². The Morgan fingerprint density at radius 3 is 2.55 bits per heavy atom. The largest absolute Gasteiger partial charge is 0.497 e. The first-order chi connectivity index (χ1) is 19.5. The molecular formula is C31H30N4O4S. The van der Waals surface area contributed by atoms with Crippen molar-refractivity contribution in [3.63, 3.8) is 0 Å². The van der Waals surface area contributed by atoms with Crippen LogP contribution in [0, 0.1) is 5.92 Å². The van der Waals surface area contributed by atoms with Gasteiger partial charge in [-0.3, -0.25) is 14.4 Å². The molecule has 0 unspecified atom stereocenters. The first-order valence-electron chi connectivity index (χ1n) is 13.3. The number of methoxy groups -OCH3 is 1. The highest BCUT2D eigenvalue weighted by molar-refractivity contribution is 7.09. The summed E-state index contributed by atoms with van der Waals surface area (Å²) in [5.74, 6) is 0.712. The molecule has 0 radical (unpaired) electrons. The van der Waals surface area contributed by atoms with E-state index in [0.717, 1.165) is 35.8 Å². The van der Waals surface area contributed by atoms with Gasteiger partial charge in [-0.2, -0.15) is 0 Å². The van der Waals surface area contributed by atoms with Crippen molar-refractivity contribution in [2.75, 3.05) is 30.4 Å². The fourth-order valence-electron chi connectivity index (χ4n) is 5.77. The predicted molar refractivity (Wildman–Crippen MR) is 157 cm³/mol. The molecule has 8 nitrogen and oxygen atoms in total. The number of carbonyl (C=O) groups is 2. The summed E-state index contributed by atoms with van der Waals surface area (Å²) in [6.07, 6.45) is 1.02. The van der Waals surface area contributed by atoms with Crippen molar-refractivity contribution in [1.29, 1.82) is 0 Å². The van der Waals surface area contributed by atoms with Crippen LogP contribution in [0.5, 0.6) is 5.75 Å². The van der Waals surface area contributed by atoms with Gasteiger partial charge < -0.3 is 24.8 Å². The Labute approximate surface area is 236 Å². The number of pyridine rings is 1. The molecule has 2 N–H and O–H groups in total. The van der Waals surface area contributed by atoms with Gasteiger partial charge in [-0.05, 0) is 72.3 Å². The molecule has 2 aromatic heterocycles. The molecule has 2 aliphatic rings. The van der Waals surface area contributed by atoms with Crippen molar-refractivity contribution in [2.24, 2.45) is 5.92 Å². The Morgan fingerprint density at radius 1 is 0.950 bits per heavy atom. The normalized spacial score (nSPS) is 17.6. The number of benzene rings is 2. The molecule has 0 aliphatic carbocycles. The molecule has 40 heavy (non-hydrogen) atoms. The summed E-state index contributed by atoms with van der Waals surface area (Å²) in [5.41, 5.74) is 3.50. The minimum absolute atomic E-state index is 0.0472. The Hall–Kier alpha value is -4.37. The molecule has 2 atom stereocenters. The molecular weight excluding hydrogens is 524 g/mol. The number of nitrogens with one attached hydrogen (secondary N) is 2. The second-order valence-electron chi connectivity index (χ2n) is 10.3. The molecule has 0 saturated carbocycles. The van der Waals surface area contributed by atoms with E-state index in [4.69, 9.17) is 4.74 Å². The monoisotopic (exact) mass is 554 g/mol. The second-order valence-corrected chi connectivity index (χ2v) is 11.3. The minimum atomic E-state index is -0.269. The number of nitrogens with zero attached hydrogens (tertiary/aromatic N) is 2. The summed E-state index contributed by atoms with van der Waals surface area (Å²) in [5, 5.41) is 8.02. The molecule has 1 fully saturated rings. The topological polar surface area (TPSA) is 92.7 Å². The third-order valence-electron chi connectivity index (χ3n) is 7.68. The van der Waals surface area contributed by atoms with Crippen LogP contribution in [0.2, 0.25) is 0 Å². The predicted octanol–water partition coefficient (Wildman–Crippen LogP) is 4.72. The quantitative estimate of drug-likeness (QED) is 0.345. The van der Waals surface area contributed by atoms with Crippen molar-refractivity contribution < 1.29 is 14.3 Å². The maximum Gasteiger partial charge on any atom is 0.255 e. The van der Waals surface area contributed by atoms with Gasteiger partial charge in [0, 0.05) is 53.3 Å². The fraction of sp³-hybridized carbons (Fsp3) is 0.258. The third kappa shape index (κ3) is 5.24. The number of hydrogen-bond acceptors (Lipinski definition) is 6. The fourth-order valence-corrected chi connectivity index (χ4v) is 6.41. The van der Waals surface area contributed by atoms with Crippen molar-refractivity contribution in [3.05, 3.63) is 110 Å². The Kier molecular flexibility index (Phi) is 7.13. The van der Waals surface area contributed by atoms with Crippen LogP contribution >= 0.6 is 11.3 Å².